The summed E-state index contributed by atoms with van der Waals surface area (Å²) in [5.74, 6) is 0. The fourth-order valence-electron chi connectivity index (χ4n) is 1.17. The highest BCUT2D eigenvalue weighted by Crippen LogP contribution is 2.51. The lowest BCUT2D eigenvalue weighted by Crippen LogP contribution is -2.23. The molecular formula is C13H29O5P. The first-order valence-corrected chi connectivity index (χ1v) is 8.28. The third-order valence-electron chi connectivity index (χ3n) is 3.02. The second-order valence-electron chi connectivity index (χ2n) is 6.64. The number of rotatable bonds is 9. The van der Waals surface area contributed by atoms with E-state index in [0.29, 0.717) is 32.8 Å². The van der Waals surface area contributed by atoms with Crippen LogP contribution in [0.1, 0.15) is 47.5 Å². The van der Waals surface area contributed by atoms with Crippen molar-refractivity contribution in [2.24, 2.45) is 5.41 Å². The zero-order valence-electron chi connectivity index (χ0n) is 12.8. The minimum Gasteiger partial charge on any atom is -0.379 e. The molecule has 0 spiro atoms. The Bertz CT molecular complexity index is 290. The summed E-state index contributed by atoms with van der Waals surface area (Å²) in [4.78, 5) is 18.3. The Labute approximate surface area is 116 Å². The molecule has 0 aliphatic rings. The van der Waals surface area contributed by atoms with Crippen molar-refractivity contribution in [3.05, 3.63) is 0 Å². The Hall–Kier alpha value is 0.0700. The van der Waals surface area contributed by atoms with Gasteiger partial charge in [-0.05, 0) is 32.1 Å². The van der Waals surface area contributed by atoms with E-state index >= 15 is 0 Å². The maximum Gasteiger partial charge on any atom is 0.331 e. The topological polar surface area (TPSA) is 76.0 Å². The smallest absolute Gasteiger partial charge is 0.331 e. The quantitative estimate of drug-likeness (QED) is 0.505. The van der Waals surface area contributed by atoms with Crippen LogP contribution in [0.2, 0.25) is 0 Å². The van der Waals surface area contributed by atoms with Crippen molar-refractivity contribution in [2.45, 2.75) is 52.6 Å². The number of hydrogen-bond donors (Lipinski definition) is 2. The Morgan fingerprint density at radius 1 is 0.842 bits per heavy atom. The largest absolute Gasteiger partial charge is 0.379 e. The summed E-state index contributed by atoms with van der Waals surface area (Å²) in [5, 5.41) is -1.03. The molecule has 0 saturated heterocycles. The van der Waals surface area contributed by atoms with Gasteiger partial charge in [0.05, 0.1) is 18.4 Å². The van der Waals surface area contributed by atoms with Gasteiger partial charge in [-0.2, -0.15) is 0 Å². The van der Waals surface area contributed by atoms with E-state index in [4.69, 9.17) is 19.3 Å². The van der Waals surface area contributed by atoms with Gasteiger partial charge in [-0.15, -0.1) is 0 Å². The van der Waals surface area contributed by atoms with Crippen molar-refractivity contribution >= 4 is 7.60 Å². The van der Waals surface area contributed by atoms with Gasteiger partial charge in [0.25, 0.3) is 0 Å². The lowest BCUT2D eigenvalue weighted by atomic mass is 9.93. The van der Waals surface area contributed by atoms with E-state index in [1.165, 1.54) is 0 Å². The second kappa shape index (κ2) is 7.75. The maximum atomic E-state index is 11.2. The zero-order valence-corrected chi connectivity index (χ0v) is 13.7. The molecule has 0 bridgehead atoms. The second-order valence-corrected chi connectivity index (χ2v) is 8.94. The average Bonchev–Trinajstić information content (AvgIpc) is 2.18. The van der Waals surface area contributed by atoms with Crippen molar-refractivity contribution in [1.29, 1.82) is 0 Å². The summed E-state index contributed by atoms with van der Waals surface area (Å²) in [6.45, 7) is 11.6. The minimum absolute atomic E-state index is 0.272. The molecule has 0 aromatic heterocycles. The lowest BCUT2D eigenvalue weighted by molar-refractivity contribution is 0.0358. The molecular weight excluding hydrogens is 267 g/mol. The van der Waals surface area contributed by atoms with Crippen molar-refractivity contribution in [3.63, 3.8) is 0 Å². The van der Waals surface area contributed by atoms with Crippen LogP contribution >= 0.6 is 7.60 Å². The highest BCUT2D eigenvalue weighted by Gasteiger charge is 2.36. The molecule has 0 aliphatic carbocycles. The molecule has 0 aromatic rings. The molecule has 6 heteroatoms. The highest BCUT2D eigenvalue weighted by molar-refractivity contribution is 7.53. The predicted octanol–water partition coefficient (Wildman–Crippen LogP) is 2.80. The normalized spacial score (nSPS) is 13.8. The molecule has 0 heterocycles. The van der Waals surface area contributed by atoms with Crippen molar-refractivity contribution in [3.8, 4) is 0 Å². The molecule has 0 rings (SSSR count). The fourth-order valence-corrected chi connectivity index (χ4v) is 1.55. The van der Waals surface area contributed by atoms with Crippen LogP contribution in [-0.2, 0) is 14.0 Å². The van der Waals surface area contributed by atoms with Crippen LogP contribution in [0.15, 0.2) is 0 Å². The molecule has 2 N–H and O–H groups in total. The van der Waals surface area contributed by atoms with E-state index in [0.717, 1.165) is 6.42 Å². The van der Waals surface area contributed by atoms with Gasteiger partial charge in [0.15, 0.2) is 0 Å². The molecule has 0 atom stereocenters. The van der Waals surface area contributed by atoms with E-state index in [9.17, 15) is 4.57 Å². The van der Waals surface area contributed by atoms with Crippen LogP contribution in [0.4, 0.5) is 0 Å². The monoisotopic (exact) mass is 296 g/mol. The highest BCUT2D eigenvalue weighted by atomic mass is 31.2. The molecule has 0 fully saturated rings. The molecule has 0 aromatic carbocycles. The molecule has 0 unspecified atom stereocenters. The van der Waals surface area contributed by atoms with Gasteiger partial charge in [0.2, 0.25) is 0 Å². The summed E-state index contributed by atoms with van der Waals surface area (Å²) in [5.41, 5.74) is 0.272. The van der Waals surface area contributed by atoms with Gasteiger partial charge in [-0.1, -0.05) is 20.8 Å². The molecule has 19 heavy (non-hydrogen) atoms. The Kier molecular flexibility index (Phi) is 7.78. The standard InChI is InChI=1S/C13H29O5P/c1-12(2,3)6-8-17-10-11-18-9-7-13(4,5)19(14,15)16/h6-11H2,1-5H3,(H2,14,15,16). The van der Waals surface area contributed by atoms with Crippen LogP contribution in [0.25, 0.3) is 0 Å². The maximum absolute atomic E-state index is 11.2. The summed E-state index contributed by atoms with van der Waals surface area (Å²) >= 11 is 0. The van der Waals surface area contributed by atoms with Gasteiger partial charge < -0.3 is 19.3 Å². The lowest BCUT2D eigenvalue weighted by Gasteiger charge is -2.25. The van der Waals surface area contributed by atoms with Crippen LogP contribution in [0, 0.1) is 5.41 Å². The van der Waals surface area contributed by atoms with E-state index in [2.05, 4.69) is 20.8 Å². The first-order chi connectivity index (χ1) is 8.46. The fraction of sp³-hybridized carbons (Fsp3) is 1.00. The van der Waals surface area contributed by atoms with Gasteiger partial charge in [-0.3, -0.25) is 4.57 Å². The van der Waals surface area contributed by atoms with Crippen molar-refractivity contribution in [2.75, 3.05) is 26.4 Å². The van der Waals surface area contributed by atoms with Crippen LogP contribution in [-0.4, -0.2) is 41.4 Å². The van der Waals surface area contributed by atoms with Crippen LogP contribution in [0.3, 0.4) is 0 Å². The van der Waals surface area contributed by atoms with Crippen LogP contribution in [0.5, 0.6) is 0 Å². The summed E-state index contributed by atoms with van der Waals surface area (Å²) in [7, 11) is -4.06. The molecule has 116 valence electrons. The number of ether oxygens (including phenoxy) is 2. The average molecular weight is 296 g/mol. The van der Waals surface area contributed by atoms with E-state index in [1.807, 2.05) is 0 Å². The Morgan fingerprint density at radius 3 is 1.63 bits per heavy atom. The van der Waals surface area contributed by atoms with Gasteiger partial charge in [0, 0.05) is 13.2 Å². The van der Waals surface area contributed by atoms with Crippen molar-refractivity contribution in [1.82, 2.24) is 0 Å². The van der Waals surface area contributed by atoms with E-state index in [-0.39, 0.29) is 5.41 Å². The first-order valence-electron chi connectivity index (χ1n) is 6.67. The van der Waals surface area contributed by atoms with Crippen molar-refractivity contribution < 1.29 is 23.8 Å². The molecule has 5 nitrogen and oxygen atoms in total. The molecule has 0 saturated carbocycles. The summed E-state index contributed by atoms with van der Waals surface area (Å²) in [6, 6.07) is 0. The first kappa shape index (κ1) is 19.1. The molecule has 0 amide bonds. The van der Waals surface area contributed by atoms with Crippen LogP contribution < -0.4 is 0 Å². The SMILES string of the molecule is CC(C)(C)CCOCCOCCC(C)(C)P(=O)(O)O. The minimum atomic E-state index is -4.06. The molecule has 0 aliphatic heterocycles. The third kappa shape index (κ3) is 9.58. The predicted molar refractivity (Wildman–Crippen MR) is 76.5 cm³/mol. The zero-order chi connectivity index (χ0) is 15.2. The number of hydrogen-bond acceptors (Lipinski definition) is 3. The molecule has 0 radical (unpaired) electrons. The van der Waals surface area contributed by atoms with E-state index in [1.54, 1.807) is 13.8 Å². The van der Waals surface area contributed by atoms with Gasteiger partial charge in [-0.25, -0.2) is 0 Å². The Balaban J connectivity index is 3.54. The van der Waals surface area contributed by atoms with Gasteiger partial charge >= 0.3 is 7.60 Å². The Morgan fingerprint density at radius 2 is 1.26 bits per heavy atom. The summed E-state index contributed by atoms with van der Waals surface area (Å²) < 4.78 is 21.9. The third-order valence-corrected chi connectivity index (χ3v) is 4.82. The van der Waals surface area contributed by atoms with E-state index < -0.39 is 12.8 Å². The summed E-state index contributed by atoms with van der Waals surface area (Å²) in [6.07, 6.45) is 1.33. The van der Waals surface area contributed by atoms with Gasteiger partial charge in [0.1, 0.15) is 0 Å².